The number of hydrogen-bond donors (Lipinski definition) is 2. The monoisotopic (exact) mass is 223 g/mol. The molecule has 0 fully saturated rings. The van der Waals surface area contributed by atoms with Gasteiger partial charge in [-0.15, -0.1) is 0 Å². The Labute approximate surface area is 94.2 Å². The first-order valence-electron chi connectivity index (χ1n) is 5.30. The van der Waals surface area contributed by atoms with Crippen molar-refractivity contribution in [2.45, 2.75) is 32.7 Å². The van der Waals surface area contributed by atoms with Gasteiger partial charge in [-0.2, -0.15) is 0 Å². The maximum absolute atomic E-state index is 11.5. The molecule has 0 aliphatic rings. The second kappa shape index (κ2) is 6.07. The summed E-state index contributed by atoms with van der Waals surface area (Å²) < 4.78 is 1.65. The van der Waals surface area contributed by atoms with E-state index in [2.05, 4.69) is 5.43 Å². The van der Waals surface area contributed by atoms with E-state index in [0.717, 1.165) is 18.4 Å². The van der Waals surface area contributed by atoms with E-state index in [9.17, 15) is 9.59 Å². The Morgan fingerprint density at radius 2 is 2.25 bits per heavy atom. The Morgan fingerprint density at radius 3 is 2.88 bits per heavy atom. The number of nitrogens with one attached hydrogen (secondary N) is 1. The second-order valence-corrected chi connectivity index (χ2v) is 3.76. The number of hydrazine groups is 1. The van der Waals surface area contributed by atoms with Crippen molar-refractivity contribution in [2.75, 3.05) is 0 Å². The van der Waals surface area contributed by atoms with Crippen LogP contribution >= 0.6 is 0 Å². The van der Waals surface area contributed by atoms with Crippen LogP contribution in [0, 0.1) is 6.92 Å². The highest BCUT2D eigenvalue weighted by Crippen LogP contribution is 1.98. The molecule has 0 saturated heterocycles. The van der Waals surface area contributed by atoms with Crippen LogP contribution in [0.25, 0.3) is 0 Å². The second-order valence-electron chi connectivity index (χ2n) is 3.76. The fourth-order valence-corrected chi connectivity index (χ4v) is 1.43. The molecule has 3 N–H and O–H groups in total. The van der Waals surface area contributed by atoms with E-state index in [1.165, 1.54) is 0 Å². The van der Waals surface area contributed by atoms with Crippen molar-refractivity contribution < 1.29 is 4.79 Å². The van der Waals surface area contributed by atoms with E-state index in [1.54, 1.807) is 16.8 Å². The van der Waals surface area contributed by atoms with Gasteiger partial charge < -0.3 is 4.57 Å². The van der Waals surface area contributed by atoms with Crippen molar-refractivity contribution in [3.05, 3.63) is 34.2 Å². The summed E-state index contributed by atoms with van der Waals surface area (Å²) in [5, 5.41) is 0. The first kappa shape index (κ1) is 12.4. The van der Waals surface area contributed by atoms with Crippen molar-refractivity contribution in [1.29, 1.82) is 0 Å². The van der Waals surface area contributed by atoms with E-state index < -0.39 is 0 Å². The number of hydrogen-bond acceptors (Lipinski definition) is 3. The number of carbonyl (C=O) groups is 1. The van der Waals surface area contributed by atoms with E-state index >= 15 is 0 Å². The Kier molecular flexibility index (Phi) is 4.72. The van der Waals surface area contributed by atoms with Gasteiger partial charge in [0.2, 0.25) is 5.91 Å². The molecule has 1 aromatic heterocycles. The maximum atomic E-state index is 11.5. The molecule has 1 rings (SSSR count). The molecule has 0 atom stereocenters. The third kappa shape index (κ3) is 3.86. The number of pyridine rings is 1. The normalized spacial score (nSPS) is 10.1. The Morgan fingerprint density at radius 1 is 1.50 bits per heavy atom. The van der Waals surface area contributed by atoms with Crippen molar-refractivity contribution in [3.8, 4) is 0 Å². The first-order valence-corrected chi connectivity index (χ1v) is 5.30. The number of carbonyl (C=O) groups excluding carboxylic acids is 1. The molecule has 0 aromatic carbocycles. The molecule has 0 unspecified atom stereocenters. The van der Waals surface area contributed by atoms with Crippen LogP contribution in [-0.4, -0.2) is 10.5 Å². The summed E-state index contributed by atoms with van der Waals surface area (Å²) in [5.74, 6) is 4.78. The Bertz CT molecular complexity index is 412. The average molecular weight is 223 g/mol. The molecule has 1 amide bonds. The molecule has 0 radical (unpaired) electrons. The van der Waals surface area contributed by atoms with Crippen molar-refractivity contribution >= 4 is 5.91 Å². The number of nitrogens with zero attached hydrogens (tertiary/aromatic N) is 1. The molecular formula is C11H17N3O2. The lowest BCUT2D eigenvalue weighted by Gasteiger charge is -2.05. The Balaban J connectivity index is 2.38. The van der Waals surface area contributed by atoms with Gasteiger partial charge in [0.1, 0.15) is 0 Å². The predicted molar refractivity (Wildman–Crippen MR) is 61.6 cm³/mol. The van der Waals surface area contributed by atoms with Gasteiger partial charge in [0.25, 0.3) is 5.56 Å². The van der Waals surface area contributed by atoms with Crippen LogP contribution < -0.4 is 16.8 Å². The highest BCUT2D eigenvalue weighted by molar-refractivity contribution is 5.74. The van der Waals surface area contributed by atoms with Crippen LogP contribution in [0.5, 0.6) is 0 Å². The number of unbranched alkanes of at least 4 members (excludes halogenated alkanes) is 1. The molecule has 88 valence electrons. The molecule has 1 aromatic rings. The lowest BCUT2D eigenvalue weighted by Crippen LogP contribution is -2.29. The van der Waals surface area contributed by atoms with Crippen molar-refractivity contribution in [2.24, 2.45) is 5.84 Å². The Hall–Kier alpha value is -1.62. The SMILES string of the molecule is Cc1ccn(CCCCC(=O)NN)c(=O)c1. The van der Waals surface area contributed by atoms with E-state index in [0.29, 0.717) is 13.0 Å². The largest absolute Gasteiger partial charge is 0.316 e. The number of amides is 1. The number of aryl methyl sites for hydroxylation is 2. The van der Waals surface area contributed by atoms with E-state index in [-0.39, 0.29) is 11.5 Å². The summed E-state index contributed by atoms with van der Waals surface area (Å²) in [6.45, 7) is 2.52. The summed E-state index contributed by atoms with van der Waals surface area (Å²) in [6.07, 6.45) is 3.69. The fourth-order valence-electron chi connectivity index (χ4n) is 1.43. The van der Waals surface area contributed by atoms with Gasteiger partial charge in [-0.3, -0.25) is 15.0 Å². The number of rotatable bonds is 5. The van der Waals surface area contributed by atoms with Crippen molar-refractivity contribution in [3.63, 3.8) is 0 Å². The summed E-state index contributed by atoms with van der Waals surface area (Å²) in [7, 11) is 0. The molecule has 5 nitrogen and oxygen atoms in total. The first-order chi connectivity index (χ1) is 7.63. The third-order valence-corrected chi connectivity index (χ3v) is 2.37. The highest BCUT2D eigenvalue weighted by Gasteiger charge is 1.99. The van der Waals surface area contributed by atoms with Crippen LogP contribution in [0.2, 0.25) is 0 Å². The van der Waals surface area contributed by atoms with Gasteiger partial charge in [0.05, 0.1) is 0 Å². The summed E-state index contributed by atoms with van der Waals surface area (Å²) in [4.78, 5) is 22.3. The molecular weight excluding hydrogens is 206 g/mol. The van der Waals surface area contributed by atoms with Gasteiger partial charge in [-0.25, -0.2) is 5.84 Å². The van der Waals surface area contributed by atoms with Gasteiger partial charge in [0.15, 0.2) is 0 Å². The van der Waals surface area contributed by atoms with Gasteiger partial charge >= 0.3 is 0 Å². The number of aromatic nitrogens is 1. The molecule has 0 bridgehead atoms. The summed E-state index contributed by atoms with van der Waals surface area (Å²) in [6, 6.07) is 3.50. The van der Waals surface area contributed by atoms with Gasteiger partial charge in [0, 0.05) is 25.2 Å². The predicted octanol–water partition coefficient (Wildman–Crippen LogP) is 0.317. The molecule has 16 heavy (non-hydrogen) atoms. The van der Waals surface area contributed by atoms with Crippen LogP contribution in [0.3, 0.4) is 0 Å². The molecule has 0 aliphatic heterocycles. The van der Waals surface area contributed by atoms with Crippen molar-refractivity contribution in [1.82, 2.24) is 9.99 Å². The molecule has 5 heteroatoms. The van der Waals surface area contributed by atoms with Gasteiger partial charge in [-0.05, 0) is 31.4 Å². The van der Waals surface area contributed by atoms with Crippen LogP contribution in [0.4, 0.5) is 0 Å². The smallest absolute Gasteiger partial charge is 0.250 e. The lowest BCUT2D eigenvalue weighted by molar-refractivity contribution is -0.121. The molecule has 0 saturated carbocycles. The topological polar surface area (TPSA) is 77.1 Å². The summed E-state index contributed by atoms with van der Waals surface area (Å²) in [5.41, 5.74) is 3.04. The molecule has 1 heterocycles. The zero-order valence-corrected chi connectivity index (χ0v) is 9.40. The van der Waals surface area contributed by atoms with E-state index in [4.69, 9.17) is 5.84 Å². The molecule has 0 aliphatic carbocycles. The maximum Gasteiger partial charge on any atom is 0.250 e. The zero-order valence-electron chi connectivity index (χ0n) is 9.40. The standard InChI is InChI=1S/C11H17N3O2/c1-9-5-7-14(11(16)8-9)6-3-2-4-10(15)13-12/h5,7-8H,2-4,6,12H2,1H3,(H,13,15). The zero-order chi connectivity index (χ0) is 12.0. The highest BCUT2D eigenvalue weighted by atomic mass is 16.2. The average Bonchev–Trinajstić information content (AvgIpc) is 2.26. The fraction of sp³-hybridized carbons (Fsp3) is 0.455. The van der Waals surface area contributed by atoms with E-state index in [1.807, 2.05) is 13.0 Å². The minimum Gasteiger partial charge on any atom is -0.316 e. The van der Waals surface area contributed by atoms with Gasteiger partial charge in [-0.1, -0.05) is 0 Å². The minimum atomic E-state index is -0.170. The third-order valence-electron chi connectivity index (χ3n) is 2.37. The molecule has 0 spiro atoms. The lowest BCUT2D eigenvalue weighted by atomic mass is 10.2. The van der Waals surface area contributed by atoms with Crippen LogP contribution in [-0.2, 0) is 11.3 Å². The quantitative estimate of drug-likeness (QED) is 0.326. The van der Waals surface area contributed by atoms with Crippen LogP contribution in [0.15, 0.2) is 23.1 Å². The summed E-state index contributed by atoms with van der Waals surface area (Å²) >= 11 is 0. The minimum absolute atomic E-state index is 0.00303. The van der Waals surface area contributed by atoms with Crippen LogP contribution in [0.1, 0.15) is 24.8 Å². The number of nitrogens with two attached hydrogens (primary N) is 1.